The number of rotatable bonds is 6. The molecule has 0 amide bonds. The molecule has 2 aromatic rings. The summed E-state index contributed by atoms with van der Waals surface area (Å²) in [4.78, 5) is 12.3. The smallest absolute Gasteiger partial charge is 0.343 e. The van der Waals surface area contributed by atoms with Crippen LogP contribution in [0.3, 0.4) is 0 Å². The number of guanidine groups is 1. The van der Waals surface area contributed by atoms with Gasteiger partial charge in [0.1, 0.15) is 0 Å². The minimum absolute atomic E-state index is 0.135. The van der Waals surface area contributed by atoms with Crippen molar-refractivity contribution in [2.24, 2.45) is 21.7 Å². The highest BCUT2D eigenvalue weighted by molar-refractivity contribution is 14.1. The molecule has 0 aliphatic rings. The largest absolute Gasteiger partial charge is 0.490 e. The molecule has 2 aromatic carbocycles. The quantitative estimate of drug-likeness (QED) is 0.175. The molecule has 0 bridgehead atoms. The number of nitrogens with two attached hydrogens (primary N) is 2. The van der Waals surface area contributed by atoms with E-state index in [2.05, 4.69) is 32.8 Å². The van der Waals surface area contributed by atoms with E-state index in [1.807, 2.05) is 13.0 Å². The first-order valence-electron chi connectivity index (χ1n) is 7.36. The molecular weight excluding hydrogens is 435 g/mol. The van der Waals surface area contributed by atoms with Gasteiger partial charge in [0.25, 0.3) is 0 Å². The number of halogens is 1. The number of nitrogens with zero attached hydrogens (tertiary/aromatic N) is 2. The number of benzene rings is 2. The van der Waals surface area contributed by atoms with Crippen molar-refractivity contribution in [2.45, 2.75) is 6.92 Å². The summed E-state index contributed by atoms with van der Waals surface area (Å²) in [6, 6.07) is 12.2. The lowest BCUT2D eigenvalue weighted by Crippen LogP contribution is -2.21. The van der Waals surface area contributed by atoms with Crippen molar-refractivity contribution in [3.05, 3.63) is 57.2 Å². The zero-order chi connectivity index (χ0) is 18.2. The Morgan fingerprint density at radius 3 is 2.60 bits per heavy atom. The molecule has 8 heteroatoms. The van der Waals surface area contributed by atoms with E-state index >= 15 is 0 Å². The van der Waals surface area contributed by atoms with Crippen LogP contribution in [0.1, 0.15) is 22.8 Å². The van der Waals surface area contributed by atoms with Crippen LogP contribution in [0.2, 0.25) is 0 Å². The normalized spacial score (nSPS) is 10.5. The van der Waals surface area contributed by atoms with Gasteiger partial charge in [-0.05, 0) is 59.3 Å². The fourth-order valence-electron chi connectivity index (χ4n) is 1.91. The molecule has 2 rings (SSSR count). The molecule has 130 valence electrons. The number of carbonyl (C=O) groups excluding carboxylic acids is 1. The van der Waals surface area contributed by atoms with Gasteiger partial charge in [-0.25, -0.2) is 4.79 Å². The van der Waals surface area contributed by atoms with Crippen LogP contribution in [-0.4, -0.2) is 24.8 Å². The molecule has 0 aliphatic carbocycles. The predicted octanol–water partition coefficient (Wildman–Crippen LogP) is 2.52. The fourth-order valence-corrected chi connectivity index (χ4v) is 2.65. The Kier molecular flexibility index (Phi) is 6.75. The minimum Gasteiger partial charge on any atom is -0.490 e. The molecule has 4 N–H and O–H groups in total. The Labute approximate surface area is 158 Å². The van der Waals surface area contributed by atoms with E-state index in [9.17, 15) is 4.79 Å². The van der Waals surface area contributed by atoms with Crippen molar-refractivity contribution in [3.8, 4) is 11.5 Å². The first kappa shape index (κ1) is 18.7. The SMILES string of the molecule is CCOc1cc(C=NN=C(N)N)cc(I)c1OC(=O)c1ccccc1. The van der Waals surface area contributed by atoms with E-state index in [1.165, 1.54) is 6.21 Å². The third-order valence-electron chi connectivity index (χ3n) is 2.92. The predicted molar refractivity (Wildman–Crippen MR) is 105 cm³/mol. The van der Waals surface area contributed by atoms with Crippen molar-refractivity contribution < 1.29 is 14.3 Å². The van der Waals surface area contributed by atoms with Crippen LogP contribution < -0.4 is 20.9 Å². The van der Waals surface area contributed by atoms with Gasteiger partial charge in [-0.2, -0.15) is 5.10 Å². The van der Waals surface area contributed by atoms with Gasteiger partial charge in [-0.3, -0.25) is 0 Å². The molecule has 0 unspecified atom stereocenters. The highest BCUT2D eigenvalue weighted by atomic mass is 127. The van der Waals surface area contributed by atoms with Crippen LogP contribution in [0.4, 0.5) is 0 Å². The van der Waals surface area contributed by atoms with Crippen molar-refractivity contribution >= 4 is 40.7 Å². The van der Waals surface area contributed by atoms with Crippen LogP contribution in [0.15, 0.2) is 52.7 Å². The number of carbonyl (C=O) groups is 1. The maximum Gasteiger partial charge on any atom is 0.343 e. The highest BCUT2D eigenvalue weighted by Crippen LogP contribution is 2.34. The van der Waals surface area contributed by atoms with Gasteiger partial charge in [0.2, 0.25) is 5.96 Å². The number of esters is 1. The van der Waals surface area contributed by atoms with Crippen LogP contribution >= 0.6 is 22.6 Å². The Balaban J connectivity index is 2.32. The Morgan fingerprint density at radius 1 is 1.24 bits per heavy atom. The summed E-state index contributed by atoms with van der Waals surface area (Å²) in [6.07, 6.45) is 1.48. The second-order valence-electron chi connectivity index (χ2n) is 4.79. The Hall–Kier alpha value is -2.62. The lowest BCUT2D eigenvalue weighted by molar-refractivity contribution is 0.0727. The van der Waals surface area contributed by atoms with Gasteiger partial charge in [-0.1, -0.05) is 18.2 Å². The van der Waals surface area contributed by atoms with Gasteiger partial charge in [0.05, 0.1) is 22.0 Å². The summed E-state index contributed by atoms with van der Waals surface area (Å²) in [6.45, 7) is 2.26. The third-order valence-corrected chi connectivity index (χ3v) is 3.72. The van der Waals surface area contributed by atoms with E-state index < -0.39 is 5.97 Å². The minimum atomic E-state index is -0.457. The summed E-state index contributed by atoms with van der Waals surface area (Å²) in [5, 5.41) is 7.32. The number of hydrogen-bond donors (Lipinski definition) is 2. The van der Waals surface area contributed by atoms with E-state index in [1.54, 1.807) is 36.4 Å². The maximum atomic E-state index is 12.3. The van der Waals surface area contributed by atoms with Crippen LogP contribution in [0.5, 0.6) is 11.5 Å². The summed E-state index contributed by atoms with van der Waals surface area (Å²) in [7, 11) is 0. The first-order chi connectivity index (χ1) is 12.0. The van der Waals surface area contributed by atoms with E-state index in [0.29, 0.717) is 32.8 Å². The van der Waals surface area contributed by atoms with E-state index in [-0.39, 0.29) is 5.96 Å². The molecule has 0 saturated carbocycles. The average Bonchev–Trinajstić information content (AvgIpc) is 2.58. The molecule has 7 nitrogen and oxygen atoms in total. The van der Waals surface area contributed by atoms with Crippen molar-refractivity contribution in [1.82, 2.24) is 0 Å². The van der Waals surface area contributed by atoms with Gasteiger partial charge < -0.3 is 20.9 Å². The van der Waals surface area contributed by atoms with Crippen molar-refractivity contribution in [3.63, 3.8) is 0 Å². The molecule has 0 aromatic heterocycles. The molecule has 0 heterocycles. The lowest BCUT2D eigenvalue weighted by atomic mass is 10.2. The zero-order valence-electron chi connectivity index (χ0n) is 13.5. The molecule has 0 atom stereocenters. The summed E-state index contributed by atoms with van der Waals surface area (Å²) in [5.41, 5.74) is 11.6. The first-order valence-corrected chi connectivity index (χ1v) is 8.44. The van der Waals surface area contributed by atoms with Gasteiger partial charge in [0, 0.05) is 0 Å². The van der Waals surface area contributed by atoms with E-state index in [4.69, 9.17) is 20.9 Å². The highest BCUT2D eigenvalue weighted by Gasteiger charge is 2.16. The molecule has 0 saturated heterocycles. The van der Waals surface area contributed by atoms with Gasteiger partial charge >= 0.3 is 5.97 Å². The van der Waals surface area contributed by atoms with Crippen LogP contribution in [-0.2, 0) is 0 Å². The Bertz CT molecular complexity index is 803. The van der Waals surface area contributed by atoms with E-state index in [0.717, 1.165) is 0 Å². The Morgan fingerprint density at radius 2 is 1.96 bits per heavy atom. The molecule has 0 spiro atoms. The lowest BCUT2D eigenvalue weighted by Gasteiger charge is -2.13. The topological polar surface area (TPSA) is 112 Å². The number of ether oxygens (including phenoxy) is 2. The monoisotopic (exact) mass is 452 g/mol. The zero-order valence-corrected chi connectivity index (χ0v) is 15.6. The van der Waals surface area contributed by atoms with Crippen LogP contribution in [0, 0.1) is 3.57 Å². The summed E-state index contributed by atoms with van der Waals surface area (Å²) in [5.74, 6) is 0.200. The molecular formula is C17H17IN4O3. The summed E-state index contributed by atoms with van der Waals surface area (Å²) < 4.78 is 11.8. The second kappa shape index (κ2) is 9.02. The van der Waals surface area contributed by atoms with Gasteiger partial charge in [0.15, 0.2) is 11.5 Å². The van der Waals surface area contributed by atoms with Crippen LogP contribution in [0.25, 0.3) is 0 Å². The number of hydrogen-bond acceptors (Lipinski definition) is 5. The summed E-state index contributed by atoms with van der Waals surface area (Å²) >= 11 is 2.07. The van der Waals surface area contributed by atoms with Crippen molar-refractivity contribution in [1.29, 1.82) is 0 Å². The fraction of sp³-hybridized carbons (Fsp3) is 0.118. The molecule has 0 aliphatic heterocycles. The second-order valence-corrected chi connectivity index (χ2v) is 5.95. The molecule has 0 fully saturated rings. The maximum absolute atomic E-state index is 12.3. The van der Waals surface area contributed by atoms with Gasteiger partial charge in [-0.15, -0.1) is 5.10 Å². The third kappa shape index (κ3) is 5.45. The standard InChI is InChI=1S/C17H17IN4O3/c1-2-24-14-9-11(10-21-22-17(19)20)8-13(18)15(14)25-16(23)12-6-4-3-5-7-12/h3-10H,2H2,1H3,(H4,19,20,22). The molecule has 25 heavy (non-hydrogen) atoms. The average molecular weight is 452 g/mol. The molecule has 0 radical (unpaired) electrons. The van der Waals surface area contributed by atoms with Crippen molar-refractivity contribution in [2.75, 3.05) is 6.61 Å².